The van der Waals surface area contributed by atoms with Crippen LogP contribution in [0.25, 0.3) is 5.70 Å². The molecule has 0 amide bonds. The summed E-state index contributed by atoms with van der Waals surface area (Å²) in [6.45, 7) is 0. The summed E-state index contributed by atoms with van der Waals surface area (Å²) >= 11 is 0. The van der Waals surface area contributed by atoms with Gasteiger partial charge in [0, 0.05) is 17.3 Å². The van der Waals surface area contributed by atoms with E-state index in [2.05, 4.69) is 47.4 Å². The van der Waals surface area contributed by atoms with Crippen LogP contribution in [0.2, 0.25) is 0 Å². The summed E-state index contributed by atoms with van der Waals surface area (Å²) < 4.78 is 0. The predicted molar refractivity (Wildman–Crippen MR) is 103 cm³/mol. The molecule has 0 fully saturated rings. The summed E-state index contributed by atoms with van der Waals surface area (Å²) in [6, 6.07) is 20.8. The number of ketones is 1. The summed E-state index contributed by atoms with van der Waals surface area (Å²) in [6.07, 6.45) is 9.26. The molecule has 1 unspecified atom stereocenters. The summed E-state index contributed by atoms with van der Waals surface area (Å²) in [5, 5.41) is 0. The van der Waals surface area contributed by atoms with Crippen LogP contribution in [0.4, 0.5) is 0 Å². The van der Waals surface area contributed by atoms with Crippen LogP contribution in [0.15, 0.2) is 95.7 Å². The zero-order valence-electron chi connectivity index (χ0n) is 14.3. The molecule has 3 nitrogen and oxygen atoms in total. The average Bonchev–Trinajstić information content (AvgIpc) is 3.04. The van der Waals surface area contributed by atoms with Crippen LogP contribution >= 0.6 is 0 Å². The molecule has 0 N–H and O–H groups in total. The van der Waals surface area contributed by atoms with E-state index in [4.69, 9.17) is 4.99 Å². The van der Waals surface area contributed by atoms with Gasteiger partial charge in [0.05, 0.1) is 11.4 Å². The molecule has 1 atom stereocenters. The number of carbonyl (C=O) groups is 1. The third-order valence-electron chi connectivity index (χ3n) is 5.24. The van der Waals surface area contributed by atoms with Gasteiger partial charge in [0.1, 0.15) is 0 Å². The summed E-state index contributed by atoms with van der Waals surface area (Å²) in [7, 11) is 0. The highest BCUT2D eigenvalue weighted by Gasteiger charge is 2.49. The molecule has 0 saturated heterocycles. The predicted octanol–water partition coefficient (Wildman–Crippen LogP) is 4.45. The van der Waals surface area contributed by atoms with E-state index in [-0.39, 0.29) is 5.78 Å². The largest absolute Gasteiger partial charge is 0.310 e. The Hall–Kier alpha value is -3.20. The lowest BCUT2D eigenvalue weighted by Gasteiger charge is -2.43. The Morgan fingerprint density at radius 3 is 2.38 bits per heavy atom. The Morgan fingerprint density at radius 1 is 0.885 bits per heavy atom. The molecular weight excluding hydrogens is 320 g/mol. The van der Waals surface area contributed by atoms with Gasteiger partial charge in [-0.1, -0.05) is 66.7 Å². The van der Waals surface area contributed by atoms with Gasteiger partial charge in [0.2, 0.25) is 0 Å². The molecule has 3 aliphatic rings. The number of fused-ring (bicyclic) bond motifs is 3. The maximum Gasteiger partial charge on any atom is 0.180 e. The van der Waals surface area contributed by atoms with Crippen LogP contribution in [-0.4, -0.2) is 16.4 Å². The lowest BCUT2D eigenvalue weighted by atomic mass is 9.88. The van der Waals surface area contributed by atoms with E-state index < -0.39 is 5.66 Å². The van der Waals surface area contributed by atoms with Crippen molar-refractivity contribution in [1.29, 1.82) is 0 Å². The van der Waals surface area contributed by atoms with Gasteiger partial charge in [-0.2, -0.15) is 0 Å². The molecule has 3 heteroatoms. The van der Waals surface area contributed by atoms with Crippen LogP contribution < -0.4 is 0 Å². The summed E-state index contributed by atoms with van der Waals surface area (Å²) in [5.41, 5.74) is 4.72. The molecule has 0 bridgehead atoms. The molecule has 0 aromatic heterocycles. The fraction of sp³-hybridized carbons (Fsp3) is 0.130. The highest BCUT2D eigenvalue weighted by molar-refractivity contribution is 6.21. The van der Waals surface area contributed by atoms with Gasteiger partial charge in [0.25, 0.3) is 0 Å². The fourth-order valence-corrected chi connectivity index (χ4v) is 4.12. The molecule has 0 radical (unpaired) electrons. The van der Waals surface area contributed by atoms with Crippen LogP contribution in [-0.2, 0) is 10.5 Å². The molecule has 2 heterocycles. The standard InChI is InChI=1S/C23H18N2O/c26-19-13-14-20-22(16-19)25-21(17-8-3-1-4-9-17)12-7-15-23(25,24-20)18-10-5-2-6-11-18/h1-6,8-14,16H,7,15H2. The van der Waals surface area contributed by atoms with Gasteiger partial charge in [-0.05, 0) is 30.6 Å². The Morgan fingerprint density at radius 2 is 1.62 bits per heavy atom. The summed E-state index contributed by atoms with van der Waals surface area (Å²) in [5.74, 6) is 0.0146. The minimum absolute atomic E-state index is 0.0146. The van der Waals surface area contributed by atoms with Crippen molar-refractivity contribution < 1.29 is 4.79 Å². The Labute approximate surface area is 152 Å². The first-order chi connectivity index (χ1) is 12.8. The van der Waals surface area contributed by atoms with Gasteiger partial charge in [-0.15, -0.1) is 0 Å². The van der Waals surface area contributed by atoms with Crippen molar-refractivity contribution in [2.45, 2.75) is 18.5 Å². The Balaban J connectivity index is 1.75. The Bertz CT molecular complexity index is 999. The quantitative estimate of drug-likeness (QED) is 0.758. The minimum Gasteiger partial charge on any atom is -0.310 e. The topological polar surface area (TPSA) is 32.7 Å². The lowest BCUT2D eigenvalue weighted by Crippen LogP contribution is -2.41. The van der Waals surface area contributed by atoms with Crippen molar-refractivity contribution in [3.63, 3.8) is 0 Å². The van der Waals surface area contributed by atoms with Gasteiger partial charge in [-0.3, -0.25) is 9.79 Å². The normalized spacial score (nSPS) is 23.8. The molecule has 1 aliphatic carbocycles. The van der Waals surface area contributed by atoms with E-state index in [0.717, 1.165) is 41.1 Å². The van der Waals surface area contributed by atoms with Gasteiger partial charge in [-0.25, -0.2) is 0 Å². The number of benzene rings is 2. The lowest BCUT2D eigenvalue weighted by molar-refractivity contribution is -0.110. The van der Waals surface area contributed by atoms with Gasteiger partial charge in [0.15, 0.2) is 11.4 Å². The van der Waals surface area contributed by atoms with E-state index in [0.29, 0.717) is 0 Å². The van der Waals surface area contributed by atoms with E-state index in [1.807, 2.05) is 30.3 Å². The number of nitrogens with zero attached hydrogens (tertiary/aromatic N) is 2. The molecule has 26 heavy (non-hydrogen) atoms. The first-order valence-electron chi connectivity index (χ1n) is 8.93. The van der Waals surface area contributed by atoms with Crippen molar-refractivity contribution in [1.82, 2.24) is 4.90 Å². The van der Waals surface area contributed by atoms with E-state index >= 15 is 0 Å². The molecule has 0 saturated carbocycles. The van der Waals surface area contributed by atoms with Crippen molar-refractivity contribution in [3.05, 3.63) is 102 Å². The SMILES string of the molecule is O=C1C=CC2=NC3(c4ccccc4)CCC=C(c4ccccc4)N3C2=C1. The monoisotopic (exact) mass is 338 g/mol. The second kappa shape index (κ2) is 5.67. The third-order valence-corrected chi connectivity index (χ3v) is 5.24. The smallest absolute Gasteiger partial charge is 0.180 e. The van der Waals surface area contributed by atoms with E-state index in [1.54, 1.807) is 12.2 Å². The first-order valence-corrected chi connectivity index (χ1v) is 8.93. The van der Waals surface area contributed by atoms with Gasteiger partial charge >= 0.3 is 0 Å². The highest BCUT2D eigenvalue weighted by Crippen LogP contribution is 2.50. The fourth-order valence-electron chi connectivity index (χ4n) is 4.12. The average molecular weight is 338 g/mol. The van der Waals surface area contributed by atoms with Crippen LogP contribution in [0.5, 0.6) is 0 Å². The number of hydrogen-bond donors (Lipinski definition) is 0. The maximum absolute atomic E-state index is 12.1. The molecule has 0 spiro atoms. The van der Waals surface area contributed by atoms with Crippen LogP contribution in [0.1, 0.15) is 24.0 Å². The molecular formula is C23H18N2O. The molecule has 5 rings (SSSR count). The Kier molecular flexibility index (Phi) is 3.29. The number of aliphatic imine (C=N–C) groups is 1. The summed E-state index contributed by atoms with van der Waals surface area (Å²) in [4.78, 5) is 19.5. The first kappa shape index (κ1) is 15.1. The molecule has 2 aromatic carbocycles. The zero-order chi connectivity index (χ0) is 17.6. The molecule has 2 aliphatic heterocycles. The minimum atomic E-state index is -0.489. The van der Waals surface area contributed by atoms with Crippen LogP contribution in [0, 0.1) is 0 Å². The molecule has 126 valence electrons. The number of rotatable bonds is 2. The zero-order valence-corrected chi connectivity index (χ0v) is 14.3. The second-order valence-corrected chi connectivity index (χ2v) is 6.77. The van der Waals surface area contributed by atoms with Crippen molar-refractivity contribution in [3.8, 4) is 0 Å². The maximum atomic E-state index is 12.1. The van der Waals surface area contributed by atoms with E-state index in [9.17, 15) is 4.79 Å². The van der Waals surface area contributed by atoms with Gasteiger partial charge < -0.3 is 4.90 Å². The van der Waals surface area contributed by atoms with E-state index in [1.165, 1.54) is 0 Å². The third kappa shape index (κ3) is 2.14. The number of carbonyl (C=O) groups excluding carboxylic acids is 1. The van der Waals surface area contributed by atoms with Crippen LogP contribution in [0.3, 0.4) is 0 Å². The van der Waals surface area contributed by atoms with Crippen molar-refractivity contribution in [2.75, 3.05) is 0 Å². The highest BCUT2D eigenvalue weighted by atomic mass is 16.1. The molecule has 2 aromatic rings. The van der Waals surface area contributed by atoms with Crippen molar-refractivity contribution >= 4 is 17.2 Å². The second-order valence-electron chi connectivity index (χ2n) is 6.77. The number of allylic oxidation sites excluding steroid dienone is 4. The van der Waals surface area contributed by atoms with Crippen molar-refractivity contribution in [2.24, 2.45) is 4.99 Å². The number of hydrogen-bond acceptors (Lipinski definition) is 3.